The lowest BCUT2D eigenvalue weighted by molar-refractivity contribution is -0.138. The molecule has 2 aromatic rings. The Kier molecular flexibility index (Phi) is 5.64. The number of aromatic hydroxyl groups is 1. The summed E-state index contributed by atoms with van der Waals surface area (Å²) >= 11 is 0. The van der Waals surface area contributed by atoms with Crippen molar-refractivity contribution < 1.29 is 19.4 Å². The number of piperazine rings is 1. The summed E-state index contributed by atoms with van der Waals surface area (Å²) in [6, 6.07) is 10.7. The number of hydrogen-bond donors (Lipinski definition) is 2. The SMILES string of the molecule is Cc1cc(CCC(=O)N2CCNC(=O)C2)cc(C)c1Oc1ccc(O)cc1. The summed E-state index contributed by atoms with van der Waals surface area (Å²) < 4.78 is 5.95. The van der Waals surface area contributed by atoms with Gasteiger partial charge >= 0.3 is 0 Å². The van der Waals surface area contributed by atoms with Crippen molar-refractivity contribution in [3.8, 4) is 17.2 Å². The summed E-state index contributed by atoms with van der Waals surface area (Å²) in [5.41, 5.74) is 3.05. The molecule has 3 rings (SSSR count). The highest BCUT2D eigenvalue weighted by atomic mass is 16.5. The van der Waals surface area contributed by atoms with Crippen LogP contribution in [0.2, 0.25) is 0 Å². The maximum absolute atomic E-state index is 12.3. The number of phenols is 1. The van der Waals surface area contributed by atoms with E-state index in [0.29, 0.717) is 31.7 Å². The molecule has 0 saturated carbocycles. The number of amides is 2. The van der Waals surface area contributed by atoms with E-state index in [-0.39, 0.29) is 24.1 Å². The molecule has 142 valence electrons. The number of ether oxygens (including phenoxy) is 1. The fraction of sp³-hybridized carbons (Fsp3) is 0.333. The van der Waals surface area contributed by atoms with E-state index in [0.717, 1.165) is 22.4 Å². The lowest BCUT2D eigenvalue weighted by atomic mass is 10.0. The molecule has 0 atom stereocenters. The molecule has 1 saturated heterocycles. The number of aryl methyl sites for hydroxylation is 3. The first kappa shape index (κ1) is 18.8. The van der Waals surface area contributed by atoms with Gasteiger partial charge in [-0.05, 0) is 61.2 Å². The molecule has 0 aromatic heterocycles. The fourth-order valence-electron chi connectivity index (χ4n) is 3.24. The Morgan fingerprint density at radius 3 is 2.48 bits per heavy atom. The summed E-state index contributed by atoms with van der Waals surface area (Å²) in [4.78, 5) is 25.4. The average Bonchev–Trinajstić information content (AvgIpc) is 2.64. The third-order valence-electron chi connectivity index (χ3n) is 4.60. The molecular formula is C21H24N2O4. The highest BCUT2D eigenvalue weighted by Gasteiger charge is 2.20. The van der Waals surface area contributed by atoms with Gasteiger partial charge in [-0.3, -0.25) is 9.59 Å². The summed E-state index contributed by atoms with van der Waals surface area (Å²) in [7, 11) is 0. The van der Waals surface area contributed by atoms with Gasteiger partial charge in [0.05, 0.1) is 6.54 Å². The standard InChI is InChI=1S/C21H24N2O4/c1-14-11-16(3-8-20(26)23-10-9-22-19(25)13-23)12-15(2)21(14)27-18-6-4-17(24)5-7-18/h4-7,11-12,24H,3,8-10,13H2,1-2H3,(H,22,25). The van der Waals surface area contributed by atoms with Gasteiger partial charge in [0, 0.05) is 19.5 Å². The molecule has 2 amide bonds. The Morgan fingerprint density at radius 2 is 1.85 bits per heavy atom. The Morgan fingerprint density at radius 1 is 1.19 bits per heavy atom. The maximum Gasteiger partial charge on any atom is 0.239 e. The van der Waals surface area contributed by atoms with Crippen LogP contribution in [-0.2, 0) is 16.0 Å². The summed E-state index contributed by atoms with van der Waals surface area (Å²) in [6.45, 7) is 5.19. The highest BCUT2D eigenvalue weighted by molar-refractivity contribution is 5.86. The predicted molar refractivity (Wildman–Crippen MR) is 102 cm³/mol. The van der Waals surface area contributed by atoms with Crippen molar-refractivity contribution in [2.75, 3.05) is 19.6 Å². The van der Waals surface area contributed by atoms with E-state index in [1.807, 2.05) is 26.0 Å². The average molecular weight is 368 g/mol. The Balaban J connectivity index is 1.64. The van der Waals surface area contributed by atoms with Crippen molar-refractivity contribution in [2.24, 2.45) is 0 Å². The molecule has 0 radical (unpaired) electrons. The molecule has 1 aliphatic heterocycles. The molecule has 1 heterocycles. The zero-order valence-corrected chi connectivity index (χ0v) is 15.6. The molecule has 1 fully saturated rings. The molecule has 0 bridgehead atoms. The first-order chi connectivity index (χ1) is 12.9. The monoisotopic (exact) mass is 368 g/mol. The van der Waals surface area contributed by atoms with Crippen LogP contribution >= 0.6 is 0 Å². The van der Waals surface area contributed by atoms with Crippen LogP contribution in [0.1, 0.15) is 23.1 Å². The second-order valence-corrected chi connectivity index (χ2v) is 6.82. The van der Waals surface area contributed by atoms with Crippen molar-refractivity contribution >= 4 is 11.8 Å². The van der Waals surface area contributed by atoms with Gasteiger partial charge in [-0.1, -0.05) is 12.1 Å². The molecule has 1 aliphatic rings. The third-order valence-corrected chi connectivity index (χ3v) is 4.60. The smallest absolute Gasteiger partial charge is 0.239 e. The van der Waals surface area contributed by atoms with Crippen LogP contribution in [-0.4, -0.2) is 41.5 Å². The van der Waals surface area contributed by atoms with Crippen LogP contribution in [0, 0.1) is 13.8 Å². The molecule has 0 spiro atoms. The second-order valence-electron chi connectivity index (χ2n) is 6.82. The van der Waals surface area contributed by atoms with Gasteiger partial charge in [-0.15, -0.1) is 0 Å². The van der Waals surface area contributed by atoms with E-state index in [4.69, 9.17) is 4.74 Å². The minimum absolute atomic E-state index is 0.00424. The van der Waals surface area contributed by atoms with Crippen molar-refractivity contribution in [2.45, 2.75) is 26.7 Å². The topological polar surface area (TPSA) is 78.9 Å². The summed E-state index contributed by atoms with van der Waals surface area (Å²) in [5, 5.41) is 12.1. The van der Waals surface area contributed by atoms with Gasteiger partial charge in [0.15, 0.2) is 0 Å². The first-order valence-corrected chi connectivity index (χ1v) is 9.04. The van der Waals surface area contributed by atoms with Gasteiger partial charge in [-0.25, -0.2) is 0 Å². The zero-order valence-electron chi connectivity index (χ0n) is 15.6. The largest absolute Gasteiger partial charge is 0.508 e. The molecule has 6 heteroatoms. The Hall–Kier alpha value is -3.02. The number of carbonyl (C=O) groups is 2. The lowest BCUT2D eigenvalue weighted by Gasteiger charge is -2.26. The van der Waals surface area contributed by atoms with E-state index < -0.39 is 0 Å². The predicted octanol–water partition coefficient (Wildman–Crippen LogP) is 2.69. The van der Waals surface area contributed by atoms with Crippen LogP contribution in [0.3, 0.4) is 0 Å². The lowest BCUT2D eigenvalue weighted by Crippen LogP contribution is -2.50. The molecule has 0 aliphatic carbocycles. The minimum atomic E-state index is -0.1000. The molecular weight excluding hydrogens is 344 g/mol. The molecule has 27 heavy (non-hydrogen) atoms. The Bertz CT molecular complexity index is 823. The highest BCUT2D eigenvalue weighted by Crippen LogP contribution is 2.31. The fourth-order valence-corrected chi connectivity index (χ4v) is 3.24. The molecule has 6 nitrogen and oxygen atoms in total. The number of hydrogen-bond acceptors (Lipinski definition) is 4. The first-order valence-electron chi connectivity index (χ1n) is 9.04. The van der Waals surface area contributed by atoms with Crippen LogP contribution in [0.4, 0.5) is 0 Å². The van der Waals surface area contributed by atoms with Gasteiger partial charge in [0.2, 0.25) is 11.8 Å². The number of phenolic OH excluding ortho intramolecular Hbond substituents is 1. The molecule has 2 N–H and O–H groups in total. The van der Waals surface area contributed by atoms with Crippen LogP contribution in [0.25, 0.3) is 0 Å². The summed E-state index contributed by atoms with van der Waals surface area (Å²) in [5.74, 6) is 1.54. The quantitative estimate of drug-likeness (QED) is 0.851. The Labute approximate surface area is 158 Å². The van der Waals surface area contributed by atoms with Crippen molar-refractivity contribution in [3.05, 3.63) is 53.1 Å². The molecule has 0 unspecified atom stereocenters. The van der Waals surface area contributed by atoms with Crippen LogP contribution < -0.4 is 10.1 Å². The van der Waals surface area contributed by atoms with E-state index in [1.54, 1.807) is 29.2 Å². The number of carbonyl (C=O) groups excluding carboxylic acids is 2. The number of nitrogens with zero attached hydrogens (tertiary/aromatic N) is 1. The van der Waals surface area contributed by atoms with E-state index >= 15 is 0 Å². The van der Waals surface area contributed by atoms with Crippen LogP contribution in [0.5, 0.6) is 17.2 Å². The zero-order chi connectivity index (χ0) is 19.4. The minimum Gasteiger partial charge on any atom is -0.508 e. The molecule has 2 aromatic carbocycles. The number of rotatable bonds is 5. The van der Waals surface area contributed by atoms with Crippen molar-refractivity contribution in [1.82, 2.24) is 10.2 Å². The second kappa shape index (κ2) is 8.12. The van der Waals surface area contributed by atoms with Crippen molar-refractivity contribution in [1.29, 1.82) is 0 Å². The van der Waals surface area contributed by atoms with Gasteiger partial charge < -0.3 is 20.1 Å². The van der Waals surface area contributed by atoms with Crippen molar-refractivity contribution in [3.63, 3.8) is 0 Å². The summed E-state index contributed by atoms with van der Waals surface area (Å²) in [6.07, 6.45) is 1.00. The van der Waals surface area contributed by atoms with Gasteiger partial charge in [0.25, 0.3) is 0 Å². The maximum atomic E-state index is 12.3. The van der Waals surface area contributed by atoms with E-state index in [2.05, 4.69) is 5.32 Å². The van der Waals surface area contributed by atoms with Gasteiger partial charge in [0.1, 0.15) is 17.2 Å². The van der Waals surface area contributed by atoms with Gasteiger partial charge in [-0.2, -0.15) is 0 Å². The van der Waals surface area contributed by atoms with Crippen LogP contribution in [0.15, 0.2) is 36.4 Å². The van der Waals surface area contributed by atoms with E-state index in [1.165, 1.54) is 0 Å². The normalized spacial score (nSPS) is 14.0. The number of benzene rings is 2. The number of nitrogens with one attached hydrogen (secondary N) is 1. The third kappa shape index (κ3) is 4.78. The van der Waals surface area contributed by atoms with E-state index in [9.17, 15) is 14.7 Å².